The highest BCUT2D eigenvalue weighted by Crippen LogP contribution is 2.27. The summed E-state index contributed by atoms with van der Waals surface area (Å²) >= 11 is 0. The Hall–Kier alpha value is -2.31. The van der Waals surface area contributed by atoms with Gasteiger partial charge in [-0.05, 0) is 57.0 Å². The van der Waals surface area contributed by atoms with Gasteiger partial charge in [-0.15, -0.1) is 0 Å². The molecular weight excluding hydrogens is 361 g/mol. The maximum Gasteiger partial charge on any atom is 0.127 e. The molecular formula is C25H30NOP. The van der Waals surface area contributed by atoms with Gasteiger partial charge in [-0.2, -0.15) is 0 Å². The standard InChI is InChI=1S/C25H30NOP/c1-5-26(6-2)22-14-10-11-20(4)25(22)28-24-17-19(3)15-16-23(24)27-18-21-12-8-7-9-13-21/h7-17,28H,5-6,18H2,1-4H3. The molecule has 3 heteroatoms. The van der Waals surface area contributed by atoms with Crippen LogP contribution in [0.2, 0.25) is 0 Å². The maximum atomic E-state index is 6.24. The lowest BCUT2D eigenvalue weighted by molar-refractivity contribution is 0.309. The van der Waals surface area contributed by atoms with Crippen molar-refractivity contribution in [1.29, 1.82) is 0 Å². The van der Waals surface area contributed by atoms with Gasteiger partial charge in [-0.1, -0.05) is 62.7 Å². The molecule has 1 unspecified atom stereocenters. The zero-order valence-electron chi connectivity index (χ0n) is 17.3. The fraction of sp³-hybridized carbons (Fsp3) is 0.280. The van der Waals surface area contributed by atoms with E-state index in [2.05, 4.69) is 93.3 Å². The Bertz CT molecular complexity index is 904. The molecule has 0 aliphatic rings. The predicted octanol–water partition coefficient (Wildman–Crippen LogP) is 5.36. The van der Waals surface area contributed by atoms with E-state index in [9.17, 15) is 0 Å². The van der Waals surface area contributed by atoms with Gasteiger partial charge in [0.1, 0.15) is 12.4 Å². The maximum absolute atomic E-state index is 6.24. The van der Waals surface area contributed by atoms with E-state index in [4.69, 9.17) is 4.74 Å². The molecule has 0 fully saturated rings. The van der Waals surface area contributed by atoms with Crippen LogP contribution in [0, 0.1) is 13.8 Å². The fourth-order valence-corrected chi connectivity index (χ4v) is 4.88. The number of ether oxygens (including phenoxy) is 1. The molecule has 0 bridgehead atoms. The molecule has 0 radical (unpaired) electrons. The topological polar surface area (TPSA) is 12.5 Å². The molecule has 0 aromatic heterocycles. The zero-order chi connectivity index (χ0) is 19.9. The number of nitrogens with zero attached hydrogens (tertiary/aromatic N) is 1. The Balaban J connectivity index is 1.91. The minimum atomic E-state index is 0.569. The SMILES string of the molecule is CCN(CC)c1cccc(C)c1Pc1cc(C)ccc1OCc1ccccc1. The highest BCUT2D eigenvalue weighted by molar-refractivity contribution is 7.56. The van der Waals surface area contributed by atoms with Gasteiger partial charge in [-0.3, -0.25) is 0 Å². The highest BCUT2D eigenvalue weighted by Gasteiger charge is 2.14. The molecule has 28 heavy (non-hydrogen) atoms. The first kappa shape index (κ1) is 20.4. The quantitative estimate of drug-likeness (QED) is 0.480. The molecule has 0 aliphatic carbocycles. The number of hydrogen-bond acceptors (Lipinski definition) is 2. The first-order valence-corrected chi connectivity index (χ1v) is 11.0. The third-order valence-corrected chi connectivity index (χ3v) is 6.55. The molecule has 0 amide bonds. The van der Waals surface area contributed by atoms with E-state index in [0.717, 1.165) is 18.8 Å². The van der Waals surface area contributed by atoms with Crippen molar-refractivity contribution in [2.75, 3.05) is 18.0 Å². The first-order chi connectivity index (χ1) is 13.6. The van der Waals surface area contributed by atoms with E-state index in [1.54, 1.807) is 0 Å². The number of rotatable bonds is 8. The van der Waals surface area contributed by atoms with E-state index in [0.29, 0.717) is 15.2 Å². The number of aryl methyl sites for hydroxylation is 2. The first-order valence-electron chi connectivity index (χ1n) is 10.0. The zero-order valence-corrected chi connectivity index (χ0v) is 18.3. The Kier molecular flexibility index (Phi) is 7.12. The van der Waals surface area contributed by atoms with Crippen LogP contribution in [0.15, 0.2) is 66.7 Å². The summed E-state index contributed by atoms with van der Waals surface area (Å²) in [6.07, 6.45) is 0. The Labute approximate surface area is 171 Å². The Morgan fingerprint density at radius 1 is 0.857 bits per heavy atom. The molecule has 0 N–H and O–H groups in total. The van der Waals surface area contributed by atoms with Crippen molar-refractivity contribution >= 4 is 24.9 Å². The van der Waals surface area contributed by atoms with Gasteiger partial charge >= 0.3 is 0 Å². The summed E-state index contributed by atoms with van der Waals surface area (Å²) in [5, 5.41) is 2.69. The van der Waals surface area contributed by atoms with Gasteiger partial charge in [0.05, 0.1) is 0 Å². The van der Waals surface area contributed by atoms with E-state index in [1.807, 2.05) is 6.07 Å². The molecule has 3 aromatic carbocycles. The Morgan fingerprint density at radius 3 is 2.32 bits per heavy atom. The summed E-state index contributed by atoms with van der Waals surface area (Å²) in [7, 11) is 0.569. The van der Waals surface area contributed by atoms with Crippen LogP contribution in [0.5, 0.6) is 5.75 Å². The van der Waals surface area contributed by atoms with Crippen LogP contribution in [0.1, 0.15) is 30.5 Å². The molecule has 0 heterocycles. The summed E-state index contributed by atoms with van der Waals surface area (Å²) in [4.78, 5) is 2.44. The normalized spacial score (nSPS) is 11.1. The summed E-state index contributed by atoms with van der Waals surface area (Å²) < 4.78 is 6.24. The lowest BCUT2D eigenvalue weighted by atomic mass is 10.2. The van der Waals surface area contributed by atoms with Crippen LogP contribution >= 0.6 is 8.58 Å². The van der Waals surface area contributed by atoms with Gasteiger partial charge in [-0.25, -0.2) is 0 Å². The predicted molar refractivity (Wildman–Crippen MR) is 124 cm³/mol. The average Bonchev–Trinajstić information content (AvgIpc) is 2.71. The van der Waals surface area contributed by atoms with Gasteiger partial charge in [0.25, 0.3) is 0 Å². The fourth-order valence-electron chi connectivity index (χ4n) is 3.38. The van der Waals surface area contributed by atoms with Crippen LogP contribution in [0.4, 0.5) is 5.69 Å². The minimum Gasteiger partial charge on any atom is -0.488 e. The molecule has 146 valence electrons. The number of benzene rings is 3. The molecule has 0 saturated carbocycles. The van der Waals surface area contributed by atoms with E-state index >= 15 is 0 Å². The van der Waals surface area contributed by atoms with Crippen molar-refractivity contribution < 1.29 is 4.74 Å². The summed E-state index contributed by atoms with van der Waals surface area (Å²) in [5.41, 5.74) is 5.15. The van der Waals surface area contributed by atoms with Crippen LogP contribution < -0.4 is 20.2 Å². The van der Waals surface area contributed by atoms with Gasteiger partial charge in [0.15, 0.2) is 0 Å². The lowest BCUT2D eigenvalue weighted by Crippen LogP contribution is -2.27. The van der Waals surface area contributed by atoms with Crippen molar-refractivity contribution in [1.82, 2.24) is 0 Å². The van der Waals surface area contributed by atoms with E-state index in [1.165, 1.54) is 33.0 Å². The molecule has 3 aromatic rings. The third-order valence-electron chi connectivity index (χ3n) is 4.99. The largest absolute Gasteiger partial charge is 0.488 e. The smallest absolute Gasteiger partial charge is 0.127 e. The molecule has 2 nitrogen and oxygen atoms in total. The van der Waals surface area contributed by atoms with Gasteiger partial charge < -0.3 is 9.64 Å². The molecule has 1 atom stereocenters. The highest BCUT2D eigenvalue weighted by atomic mass is 31.1. The van der Waals surface area contributed by atoms with Gasteiger partial charge in [0, 0.05) is 29.4 Å². The van der Waals surface area contributed by atoms with Crippen molar-refractivity contribution in [2.24, 2.45) is 0 Å². The molecule has 3 rings (SSSR count). The number of anilines is 1. The van der Waals surface area contributed by atoms with Crippen LogP contribution in [0.3, 0.4) is 0 Å². The average molecular weight is 391 g/mol. The summed E-state index contributed by atoms with van der Waals surface area (Å²) in [6.45, 7) is 11.4. The van der Waals surface area contributed by atoms with Crippen LogP contribution in [-0.4, -0.2) is 13.1 Å². The lowest BCUT2D eigenvalue weighted by Gasteiger charge is -2.26. The minimum absolute atomic E-state index is 0.569. The van der Waals surface area contributed by atoms with Crippen molar-refractivity contribution in [3.8, 4) is 5.75 Å². The van der Waals surface area contributed by atoms with Gasteiger partial charge in [0.2, 0.25) is 0 Å². The van der Waals surface area contributed by atoms with E-state index < -0.39 is 0 Å². The second-order valence-electron chi connectivity index (χ2n) is 7.04. The summed E-state index contributed by atoms with van der Waals surface area (Å²) in [5.74, 6) is 0.988. The monoisotopic (exact) mass is 391 g/mol. The third kappa shape index (κ3) is 4.94. The summed E-state index contributed by atoms with van der Waals surface area (Å²) in [6, 6.07) is 23.5. The molecule has 0 spiro atoms. The molecule has 0 saturated heterocycles. The van der Waals surface area contributed by atoms with Crippen molar-refractivity contribution in [2.45, 2.75) is 34.3 Å². The molecule has 0 aliphatic heterocycles. The van der Waals surface area contributed by atoms with Crippen molar-refractivity contribution in [3.05, 3.63) is 83.4 Å². The van der Waals surface area contributed by atoms with E-state index in [-0.39, 0.29) is 0 Å². The van der Waals surface area contributed by atoms with Crippen LogP contribution in [0.25, 0.3) is 0 Å². The second kappa shape index (κ2) is 9.75. The second-order valence-corrected chi connectivity index (χ2v) is 8.33. The Morgan fingerprint density at radius 2 is 1.61 bits per heavy atom. The number of hydrogen-bond donors (Lipinski definition) is 0. The van der Waals surface area contributed by atoms with Crippen LogP contribution in [-0.2, 0) is 6.61 Å². The van der Waals surface area contributed by atoms with Crippen molar-refractivity contribution in [3.63, 3.8) is 0 Å².